The first kappa shape index (κ1) is 19.9. The number of carbonyl (C=O) groups excluding carboxylic acids is 2. The summed E-state index contributed by atoms with van der Waals surface area (Å²) in [4.78, 5) is 28.2. The number of nitrogens with zero attached hydrogens (tertiary/aromatic N) is 2. The smallest absolute Gasteiger partial charge is 0.237 e. The van der Waals surface area contributed by atoms with Crippen LogP contribution in [0.3, 0.4) is 0 Å². The van der Waals surface area contributed by atoms with E-state index in [-0.39, 0.29) is 17.9 Å². The van der Waals surface area contributed by atoms with Gasteiger partial charge < -0.3 is 20.3 Å². The molecule has 1 unspecified atom stereocenters. The first-order valence-electron chi connectivity index (χ1n) is 8.53. The van der Waals surface area contributed by atoms with Crippen LogP contribution in [0.2, 0.25) is 0 Å². The van der Waals surface area contributed by atoms with Crippen LogP contribution in [0.25, 0.3) is 0 Å². The molecule has 1 heterocycles. The van der Waals surface area contributed by atoms with Crippen LogP contribution in [-0.2, 0) is 14.3 Å². The molecular formula is C16H32N4O3. The summed E-state index contributed by atoms with van der Waals surface area (Å²) in [5, 5.41) is 5.99. The Morgan fingerprint density at radius 1 is 1.13 bits per heavy atom. The number of piperazine rings is 1. The van der Waals surface area contributed by atoms with Gasteiger partial charge in [0.25, 0.3) is 0 Å². The van der Waals surface area contributed by atoms with E-state index in [2.05, 4.69) is 15.5 Å². The molecule has 0 spiro atoms. The van der Waals surface area contributed by atoms with Crippen LogP contribution >= 0.6 is 0 Å². The van der Waals surface area contributed by atoms with Gasteiger partial charge in [0.2, 0.25) is 11.8 Å². The molecule has 1 atom stereocenters. The van der Waals surface area contributed by atoms with Crippen molar-refractivity contribution in [3.05, 3.63) is 0 Å². The van der Waals surface area contributed by atoms with Crippen molar-refractivity contribution in [2.24, 2.45) is 0 Å². The summed E-state index contributed by atoms with van der Waals surface area (Å²) >= 11 is 0. The van der Waals surface area contributed by atoms with E-state index in [1.54, 1.807) is 7.11 Å². The summed E-state index contributed by atoms with van der Waals surface area (Å²) in [6.45, 7) is 7.01. The molecule has 1 fully saturated rings. The average Bonchev–Trinajstić information content (AvgIpc) is 2.58. The second-order valence-electron chi connectivity index (χ2n) is 5.94. The van der Waals surface area contributed by atoms with Crippen LogP contribution in [0.15, 0.2) is 0 Å². The normalized spacial score (nSPS) is 17.1. The van der Waals surface area contributed by atoms with E-state index in [0.29, 0.717) is 32.7 Å². The summed E-state index contributed by atoms with van der Waals surface area (Å²) < 4.78 is 4.97. The molecule has 1 saturated heterocycles. The van der Waals surface area contributed by atoms with Crippen LogP contribution < -0.4 is 10.6 Å². The van der Waals surface area contributed by atoms with E-state index in [0.717, 1.165) is 32.5 Å². The van der Waals surface area contributed by atoms with E-state index >= 15 is 0 Å². The zero-order valence-corrected chi connectivity index (χ0v) is 14.8. The summed E-state index contributed by atoms with van der Waals surface area (Å²) in [6.07, 6.45) is 2.29. The molecule has 2 N–H and O–H groups in total. The van der Waals surface area contributed by atoms with Gasteiger partial charge in [-0.15, -0.1) is 0 Å². The maximum atomic E-state index is 12.1. The number of methoxy groups -OCH3 is 1. The van der Waals surface area contributed by atoms with E-state index in [9.17, 15) is 9.59 Å². The monoisotopic (exact) mass is 328 g/mol. The number of hydrogen-bond acceptors (Lipinski definition) is 5. The Balaban J connectivity index is 2.26. The van der Waals surface area contributed by atoms with Crippen molar-refractivity contribution in [1.82, 2.24) is 20.4 Å². The molecule has 0 aliphatic carbocycles. The quantitative estimate of drug-likeness (QED) is 0.537. The number of ether oxygens (including phenoxy) is 1. The summed E-state index contributed by atoms with van der Waals surface area (Å²) in [5.41, 5.74) is 0. The molecule has 23 heavy (non-hydrogen) atoms. The van der Waals surface area contributed by atoms with Crippen molar-refractivity contribution in [3.8, 4) is 0 Å². The minimum atomic E-state index is -0.154. The minimum absolute atomic E-state index is 0.0508. The number of nitrogens with one attached hydrogen (secondary N) is 2. The lowest BCUT2D eigenvalue weighted by Gasteiger charge is -2.37. The van der Waals surface area contributed by atoms with Crippen LogP contribution in [0.1, 0.15) is 26.2 Å². The number of hydrogen-bond donors (Lipinski definition) is 2. The highest BCUT2D eigenvalue weighted by Gasteiger charge is 2.26. The molecule has 1 aliphatic rings. The third-order valence-corrected chi connectivity index (χ3v) is 4.24. The van der Waals surface area contributed by atoms with Gasteiger partial charge in [0.1, 0.15) is 0 Å². The largest absolute Gasteiger partial charge is 0.385 e. The second-order valence-corrected chi connectivity index (χ2v) is 5.94. The molecule has 7 heteroatoms. The molecule has 0 aromatic carbocycles. The molecule has 0 bridgehead atoms. The van der Waals surface area contributed by atoms with Crippen molar-refractivity contribution in [1.29, 1.82) is 0 Å². The van der Waals surface area contributed by atoms with Crippen molar-refractivity contribution in [2.45, 2.75) is 32.2 Å². The molecule has 0 radical (unpaired) electrons. The van der Waals surface area contributed by atoms with Gasteiger partial charge in [0.15, 0.2) is 0 Å². The maximum absolute atomic E-state index is 12.1. The molecular weight excluding hydrogens is 296 g/mol. The van der Waals surface area contributed by atoms with Crippen molar-refractivity contribution in [3.63, 3.8) is 0 Å². The summed E-state index contributed by atoms with van der Waals surface area (Å²) in [7, 11) is 3.55. The number of carbonyl (C=O) groups is 2. The maximum Gasteiger partial charge on any atom is 0.237 e. The Morgan fingerprint density at radius 3 is 2.43 bits per heavy atom. The molecule has 7 nitrogen and oxygen atoms in total. The Morgan fingerprint density at radius 2 is 1.83 bits per heavy atom. The molecule has 1 rings (SSSR count). The third-order valence-electron chi connectivity index (χ3n) is 4.24. The summed E-state index contributed by atoms with van der Waals surface area (Å²) in [6, 6.07) is -0.154. The average molecular weight is 328 g/mol. The van der Waals surface area contributed by atoms with Gasteiger partial charge in [-0.05, 0) is 33.4 Å². The van der Waals surface area contributed by atoms with Crippen molar-refractivity contribution >= 4 is 11.8 Å². The van der Waals surface area contributed by atoms with Gasteiger partial charge in [-0.25, -0.2) is 0 Å². The van der Waals surface area contributed by atoms with Gasteiger partial charge in [0, 0.05) is 52.9 Å². The zero-order chi connectivity index (χ0) is 17.1. The molecule has 0 aromatic heterocycles. The Hall–Kier alpha value is -1.18. The Labute approximate surface area is 139 Å². The minimum Gasteiger partial charge on any atom is -0.385 e. The summed E-state index contributed by atoms with van der Waals surface area (Å²) in [5.74, 6) is 0.270. The van der Waals surface area contributed by atoms with E-state index in [4.69, 9.17) is 4.74 Å². The van der Waals surface area contributed by atoms with E-state index < -0.39 is 0 Å². The van der Waals surface area contributed by atoms with Crippen molar-refractivity contribution < 1.29 is 14.3 Å². The van der Waals surface area contributed by atoms with Gasteiger partial charge in [0.05, 0.1) is 6.04 Å². The lowest BCUT2D eigenvalue weighted by Crippen LogP contribution is -2.55. The molecule has 134 valence electrons. The van der Waals surface area contributed by atoms with Gasteiger partial charge in [-0.2, -0.15) is 0 Å². The van der Waals surface area contributed by atoms with Gasteiger partial charge in [-0.3, -0.25) is 14.5 Å². The van der Waals surface area contributed by atoms with Crippen LogP contribution in [-0.4, -0.2) is 87.7 Å². The lowest BCUT2D eigenvalue weighted by molar-refractivity contribution is -0.134. The van der Waals surface area contributed by atoms with Gasteiger partial charge in [-0.1, -0.05) is 0 Å². The van der Waals surface area contributed by atoms with Gasteiger partial charge >= 0.3 is 0 Å². The molecule has 0 aromatic rings. The highest BCUT2D eigenvalue weighted by atomic mass is 16.5. The SMILES string of the molecule is CNCCCC(=O)N1CCN(C(C)C(=O)NCCCOC)CC1. The lowest BCUT2D eigenvalue weighted by atomic mass is 10.2. The Bertz CT molecular complexity index is 357. The second kappa shape index (κ2) is 11.4. The number of rotatable bonds is 10. The standard InChI is InChI=1S/C16H32N4O3/c1-14(16(22)18-8-5-13-23-3)19-9-11-20(12-10-19)15(21)6-4-7-17-2/h14,17H,4-13H2,1-3H3,(H,18,22). The predicted octanol–water partition coefficient (Wildman–Crippen LogP) is -0.329. The first-order chi connectivity index (χ1) is 11.1. The topological polar surface area (TPSA) is 73.9 Å². The predicted molar refractivity (Wildman–Crippen MR) is 90.3 cm³/mol. The highest BCUT2D eigenvalue weighted by Crippen LogP contribution is 2.08. The fourth-order valence-corrected chi connectivity index (χ4v) is 2.67. The zero-order valence-electron chi connectivity index (χ0n) is 14.8. The number of amides is 2. The highest BCUT2D eigenvalue weighted by molar-refractivity contribution is 5.81. The van der Waals surface area contributed by atoms with Crippen LogP contribution in [0, 0.1) is 0 Å². The molecule has 0 saturated carbocycles. The third kappa shape index (κ3) is 7.28. The molecule has 1 aliphatic heterocycles. The Kier molecular flexibility index (Phi) is 9.82. The van der Waals surface area contributed by atoms with E-state index in [1.807, 2.05) is 18.9 Å². The first-order valence-corrected chi connectivity index (χ1v) is 8.53. The fraction of sp³-hybridized carbons (Fsp3) is 0.875. The van der Waals surface area contributed by atoms with Crippen LogP contribution in [0.4, 0.5) is 0 Å². The fourth-order valence-electron chi connectivity index (χ4n) is 2.67. The van der Waals surface area contributed by atoms with Crippen molar-refractivity contribution in [2.75, 3.05) is 60.0 Å². The van der Waals surface area contributed by atoms with Crippen LogP contribution in [0.5, 0.6) is 0 Å². The van der Waals surface area contributed by atoms with E-state index in [1.165, 1.54) is 0 Å². The molecule has 2 amide bonds.